The van der Waals surface area contributed by atoms with Crippen molar-refractivity contribution in [2.24, 2.45) is 4.99 Å². The Morgan fingerprint density at radius 2 is 1.83 bits per heavy atom. The molecule has 2 heterocycles. The number of amides is 2. The Morgan fingerprint density at radius 1 is 1.14 bits per heavy atom. The molecular weight excluding hydrogens is 437 g/mol. The molecule has 2 amide bonds. The van der Waals surface area contributed by atoms with Crippen LogP contribution in [-0.2, 0) is 14.4 Å². The topological polar surface area (TPSA) is 99.1 Å². The fourth-order valence-corrected chi connectivity index (χ4v) is 4.50. The van der Waals surface area contributed by atoms with Gasteiger partial charge >= 0.3 is 5.97 Å². The van der Waals surface area contributed by atoms with E-state index in [-0.39, 0.29) is 15.6 Å². The van der Waals surface area contributed by atoms with Crippen LogP contribution in [0, 0.1) is 0 Å². The molecule has 1 fully saturated rings. The quantitative estimate of drug-likeness (QED) is 0.698. The first kappa shape index (κ1) is 19.5. The second-order valence-electron chi connectivity index (χ2n) is 6.11. The zero-order valence-electron chi connectivity index (χ0n) is 14.5. The molecule has 0 atom stereocenters. The van der Waals surface area contributed by atoms with Gasteiger partial charge in [0.2, 0.25) is 0 Å². The third-order valence-electron chi connectivity index (χ3n) is 4.15. The Balaban J connectivity index is 1.75. The molecule has 0 unspecified atom stereocenters. The summed E-state index contributed by atoms with van der Waals surface area (Å²) in [5, 5.41) is 12.8. The van der Waals surface area contributed by atoms with Gasteiger partial charge in [-0.2, -0.15) is 0 Å². The number of carboxylic acid groups (broad SMARTS) is 1. The van der Waals surface area contributed by atoms with Crippen LogP contribution in [0.3, 0.4) is 0 Å². The molecule has 29 heavy (non-hydrogen) atoms. The molecule has 1 saturated heterocycles. The van der Waals surface area contributed by atoms with Gasteiger partial charge in [0.05, 0.1) is 21.9 Å². The fraction of sp³-hybridized carbons (Fsp3) is 0.0526. The van der Waals surface area contributed by atoms with E-state index in [1.165, 1.54) is 0 Å². The predicted molar refractivity (Wildman–Crippen MR) is 113 cm³/mol. The summed E-state index contributed by atoms with van der Waals surface area (Å²) in [4.78, 5) is 42.3. The van der Waals surface area contributed by atoms with Crippen molar-refractivity contribution in [3.8, 4) is 0 Å². The Bertz CT molecular complexity index is 1130. The lowest BCUT2D eigenvalue weighted by Crippen LogP contribution is -2.32. The molecule has 0 spiro atoms. The molecule has 2 aromatic carbocycles. The van der Waals surface area contributed by atoms with E-state index >= 15 is 0 Å². The minimum Gasteiger partial charge on any atom is -0.480 e. The van der Waals surface area contributed by atoms with E-state index in [1.54, 1.807) is 42.5 Å². The van der Waals surface area contributed by atoms with E-state index in [0.717, 1.165) is 16.7 Å². The van der Waals surface area contributed by atoms with E-state index in [2.05, 4.69) is 10.3 Å². The second kappa shape index (κ2) is 7.55. The van der Waals surface area contributed by atoms with Crippen LogP contribution in [0.25, 0.3) is 5.57 Å². The molecule has 0 saturated carbocycles. The monoisotopic (exact) mass is 447 g/mol. The standard InChI is InChI=1S/C19H11Cl2N3O4S/c20-9-5-10(21)7-11(6-9)22-19-23-17(27)16(29-19)15-12-3-1-2-4-13(12)24(18(15)28)8-14(25)26/h1-7H,8H2,(H,25,26)(H,22,23,27)/b16-15-. The molecule has 0 aliphatic carbocycles. The molecule has 2 N–H and O–H groups in total. The van der Waals surface area contributed by atoms with Gasteiger partial charge in [-0.05, 0) is 36.0 Å². The van der Waals surface area contributed by atoms with Crippen LogP contribution in [0.15, 0.2) is 52.4 Å². The number of fused-ring (bicyclic) bond motifs is 1. The summed E-state index contributed by atoms with van der Waals surface area (Å²) in [5.74, 6) is -2.18. The number of benzene rings is 2. The highest BCUT2D eigenvalue weighted by Crippen LogP contribution is 2.42. The fourth-order valence-electron chi connectivity index (χ4n) is 3.05. The lowest BCUT2D eigenvalue weighted by molar-refractivity contribution is -0.136. The van der Waals surface area contributed by atoms with Crippen LogP contribution in [0.1, 0.15) is 5.56 Å². The Hall–Kier alpha value is -2.81. The Labute approximate surface area is 179 Å². The number of amidine groups is 1. The van der Waals surface area contributed by atoms with Gasteiger partial charge in [-0.1, -0.05) is 41.4 Å². The van der Waals surface area contributed by atoms with Gasteiger partial charge in [0.1, 0.15) is 6.54 Å². The smallest absolute Gasteiger partial charge is 0.323 e. The van der Waals surface area contributed by atoms with Crippen LogP contribution in [-0.4, -0.2) is 34.6 Å². The third-order valence-corrected chi connectivity index (χ3v) is 5.56. The second-order valence-corrected chi connectivity index (χ2v) is 7.98. The van der Waals surface area contributed by atoms with Crippen molar-refractivity contribution in [1.29, 1.82) is 0 Å². The number of carbonyl (C=O) groups is 3. The van der Waals surface area contributed by atoms with Crippen molar-refractivity contribution in [3.63, 3.8) is 0 Å². The Kier molecular flexibility index (Phi) is 5.08. The van der Waals surface area contributed by atoms with Gasteiger partial charge in [0, 0.05) is 15.6 Å². The van der Waals surface area contributed by atoms with E-state index in [4.69, 9.17) is 28.3 Å². The van der Waals surface area contributed by atoms with Gasteiger partial charge in [-0.25, -0.2) is 4.99 Å². The van der Waals surface area contributed by atoms with Gasteiger partial charge < -0.3 is 10.4 Å². The number of hydrogen-bond donors (Lipinski definition) is 2. The summed E-state index contributed by atoms with van der Waals surface area (Å²) in [7, 11) is 0. The molecular formula is C19H11Cl2N3O4S. The number of nitrogens with one attached hydrogen (secondary N) is 1. The molecule has 146 valence electrons. The number of aliphatic imine (C=N–C) groups is 1. The lowest BCUT2D eigenvalue weighted by atomic mass is 10.1. The minimum absolute atomic E-state index is 0.152. The van der Waals surface area contributed by atoms with Gasteiger partial charge in [0.25, 0.3) is 11.8 Å². The van der Waals surface area contributed by atoms with Gasteiger partial charge in [0.15, 0.2) is 5.17 Å². The number of thioether (sulfide) groups is 1. The first-order chi connectivity index (χ1) is 13.8. The van der Waals surface area contributed by atoms with Crippen molar-refractivity contribution in [1.82, 2.24) is 5.32 Å². The highest BCUT2D eigenvalue weighted by atomic mass is 35.5. The van der Waals surface area contributed by atoms with Gasteiger partial charge in [-0.3, -0.25) is 19.3 Å². The average Bonchev–Trinajstić information content (AvgIpc) is 3.11. The maximum absolute atomic E-state index is 12.9. The van der Waals surface area contributed by atoms with E-state index < -0.39 is 24.3 Å². The molecule has 2 aliphatic rings. The molecule has 4 rings (SSSR count). The van der Waals surface area contributed by atoms with Crippen LogP contribution >= 0.6 is 35.0 Å². The highest BCUT2D eigenvalue weighted by Gasteiger charge is 2.39. The number of carbonyl (C=O) groups excluding carboxylic acids is 2. The number of para-hydroxylation sites is 1. The zero-order chi connectivity index (χ0) is 20.7. The third kappa shape index (κ3) is 3.74. The predicted octanol–water partition coefficient (Wildman–Crippen LogP) is 3.69. The van der Waals surface area contributed by atoms with E-state index in [1.807, 2.05) is 0 Å². The van der Waals surface area contributed by atoms with Crippen LogP contribution < -0.4 is 10.2 Å². The van der Waals surface area contributed by atoms with Crippen molar-refractivity contribution < 1.29 is 19.5 Å². The van der Waals surface area contributed by atoms with Crippen molar-refractivity contribution in [2.45, 2.75) is 0 Å². The largest absolute Gasteiger partial charge is 0.480 e. The van der Waals surface area contributed by atoms with Crippen LogP contribution in [0.5, 0.6) is 0 Å². The first-order valence-electron chi connectivity index (χ1n) is 8.25. The lowest BCUT2D eigenvalue weighted by Gasteiger charge is -2.13. The number of anilines is 1. The molecule has 10 heteroatoms. The van der Waals surface area contributed by atoms with E-state index in [0.29, 0.717) is 27.0 Å². The molecule has 2 aromatic rings. The van der Waals surface area contributed by atoms with Crippen LogP contribution in [0.4, 0.5) is 11.4 Å². The maximum Gasteiger partial charge on any atom is 0.323 e. The summed E-state index contributed by atoms with van der Waals surface area (Å²) in [5.41, 5.74) is 1.55. The number of carboxylic acids is 1. The molecule has 0 radical (unpaired) electrons. The normalized spacial score (nSPS) is 19.7. The zero-order valence-corrected chi connectivity index (χ0v) is 16.8. The molecule has 0 aromatic heterocycles. The molecule has 7 nitrogen and oxygen atoms in total. The van der Waals surface area contributed by atoms with E-state index in [9.17, 15) is 14.4 Å². The Morgan fingerprint density at radius 3 is 2.52 bits per heavy atom. The van der Waals surface area contributed by atoms with Crippen LogP contribution in [0.2, 0.25) is 10.0 Å². The molecule has 2 aliphatic heterocycles. The molecule has 0 bridgehead atoms. The van der Waals surface area contributed by atoms with Gasteiger partial charge in [-0.15, -0.1) is 0 Å². The number of aliphatic carboxylic acids is 1. The average molecular weight is 448 g/mol. The first-order valence-corrected chi connectivity index (χ1v) is 9.82. The summed E-state index contributed by atoms with van der Waals surface area (Å²) < 4.78 is 0. The number of hydrogen-bond acceptors (Lipinski definition) is 5. The SMILES string of the molecule is O=C(O)CN1C(=O)/C(=C2\SC(=Nc3cc(Cl)cc(Cl)c3)NC2=O)c2ccccc21. The summed E-state index contributed by atoms with van der Waals surface area (Å²) in [6, 6.07) is 11.5. The minimum atomic E-state index is -1.15. The number of nitrogens with zero attached hydrogens (tertiary/aromatic N) is 2. The number of halogens is 2. The highest BCUT2D eigenvalue weighted by molar-refractivity contribution is 8.18. The summed E-state index contributed by atoms with van der Waals surface area (Å²) >= 11 is 12.9. The summed E-state index contributed by atoms with van der Waals surface area (Å²) in [6.45, 7) is -0.499. The van der Waals surface area contributed by atoms with Crippen molar-refractivity contribution >= 4 is 74.9 Å². The van der Waals surface area contributed by atoms with Crippen molar-refractivity contribution in [3.05, 3.63) is 63.0 Å². The summed E-state index contributed by atoms with van der Waals surface area (Å²) in [6.07, 6.45) is 0. The maximum atomic E-state index is 12.9. The van der Waals surface area contributed by atoms with Crippen molar-refractivity contribution in [2.75, 3.05) is 11.4 Å². The number of rotatable bonds is 3.